The number of nitrogens with two attached hydrogens (primary N) is 1. The molecule has 2 unspecified atom stereocenters. The Hall–Kier alpha value is -0.620. The largest absolute Gasteiger partial charge is 0.329 e. The highest BCUT2D eigenvalue weighted by Crippen LogP contribution is 2.28. The molecule has 2 atom stereocenters. The van der Waals surface area contributed by atoms with Gasteiger partial charge in [0.2, 0.25) is 10.0 Å². The van der Waals surface area contributed by atoms with Gasteiger partial charge in [0.05, 0.1) is 4.90 Å². The molecular weight excluding hydrogens is 320 g/mol. The van der Waals surface area contributed by atoms with E-state index < -0.39 is 10.0 Å². The molecule has 0 saturated carbocycles. The maximum absolute atomic E-state index is 12.8. The third kappa shape index (κ3) is 4.02. The molecular formula is C16H27ClN2O2S. The monoisotopic (exact) mass is 346 g/mol. The summed E-state index contributed by atoms with van der Waals surface area (Å²) in [6.07, 6.45) is 1.75. The van der Waals surface area contributed by atoms with Crippen molar-refractivity contribution < 1.29 is 8.42 Å². The molecule has 1 aliphatic heterocycles. The second kappa shape index (κ2) is 7.77. The highest BCUT2D eigenvalue weighted by Gasteiger charge is 2.34. The molecule has 4 nitrogen and oxygen atoms in total. The SMILES string of the molecule is CC1CCN(S(=O)(=O)c2ccc(C(C)C)cc2)C(CN)C1.Cl. The third-order valence-electron chi connectivity index (χ3n) is 4.35. The average molecular weight is 347 g/mol. The van der Waals surface area contributed by atoms with Crippen LogP contribution >= 0.6 is 12.4 Å². The third-order valence-corrected chi connectivity index (χ3v) is 6.32. The number of sulfonamides is 1. The van der Waals surface area contributed by atoms with Gasteiger partial charge in [-0.05, 0) is 42.4 Å². The van der Waals surface area contributed by atoms with Crippen LogP contribution in [0.3, 0.4) is 0 Å². The van der Waals surface area contributed by atoms with Crippen molar-refractivity contribution in [2.75, 3.05) is 13.1 Å². The van der Waals surface area contributed by atoms with Crippen molar-refractivity contribution in [3.63, 3.8) is 0 Å². The molecule has 1 heterocycles. The number of halogens is 1. The highest BCUT2D eigenvalue weighted by atomic mass is 35.5. The smallest absolute Gasteiger partial charge is 0.243 e. The van der Waals surface area contributed by atoms with Crippen molar-refractivity contribution in [1.29, 1.82) is 0 Å². The lowest BCUT2D eigenvalue weighted by molar-refractivity contribution is 0.211. The maximum atomic E-state index is 12.8. The molecule has 0 radical (unpaired) electrons. The summed E-state index contributed by atoms with van der Waals surface area (Å²) in [5.41, 5.74) is 6.94. The summed E-state index contributed by atoms with van der Waals surface area (Å²) in [5, 5.41) is 0. The zero-order valence-corrected chi connectivity index (χ0v) is 15.2. The fraction of sp³-hybridized carbons (Fsp3) is 0.625. The predicted octanol–water partition coefficient (Wildman–Crippen LogP) is 2.98. The normalized spacial score (nSPS) is 23.3. The number of rotatable bonds is 4. The summed E-state index contributed by atoms with van der Waals surface area (Å²) in [6.45, 7) is 7.30. The fourth-order valence-corrected chi connectivity index (χ4v) is 4.58. The summed E-state index contributed by atoms with van der Waals surface area (Å²) in [5.74, 6) is 0.933. The van der Waals surface area contributed by atoms with Crippen molar-refractivity contribution in [2.45, 2.75) is 50.5 Å². The van der Waals surface area contributed by atoms with E-state index in [1.807, 2.05) is 12.1 Å². The Bertz CT molecular complexity index is 572. The van der Waals surface area contributed by atoms with Crippen molar-refractivity contribution in [3.05, 3.63) is 29.8 Å². The van der Waals surface area contributed by atoms with Gasteiger partial charge in [0, 0.05) is 19.1 Å². The molecule has 0 bridgehead atoms. The first-order valence-corrected chi connectivity index (χ1v) is 9.12. The summed E-state index contributed by atoms with van der Waals surface area (Å²) < 4.78 is 27.2. The molecule has 126 valence electrons. The standard InChI is InChI=1S/C16H26N2O2S.ClH/c1-12(2)14-4-6-16(7-5-14)21(19,20)18-9-8-13(3)10-15(18)11-17;/h4-7,12-13,15H,8-11,17H2,1-3H3;1H. The first-order chi connectivity index (χ1) is 9.86. The maximum Gasteiger partial charge on any atom is 0.243 e. The topological polar surface area (TPSA) is 63.4 Å². The van der Waals surface area contributed by atoms with E-state index in [4.69, 9.17) is 5.73 Å². The van der Waals surface area contributed by atoms with Crippen LogP contribution in [0.2, 0.25) is 0 Å². The molecule has 0 spiro atoms. The van der Waals surface area contributed by atoms with E-state index in [1.54, 1.807) is 16.4 Å². The van der Waals surface area contributed by atoms with E-state index in [-0.39, 0.29) is 18.4 Å². The Kier molecular flexibility index (Phi) is 6.86. The Balaban J connectivity index is 0.00000242. The van der Waals surface area contributed by atoms with Gasteiger partial charge in [-0.3, -0.25) is 0 Å². The minimum Gasteiger partial charge on any atom is -0.329 e. The molecule has 1 aromatic rings. The first kappa shape index (κ1) is 19.4. The number of benzene rings is 1. The average Bonchev–Trinajstić information content (AvgIpc) is 2.46. The van der Waals surface area contributed by atoms with Crippen LogP contribution in [0.1, 0.15) is 45.1 Å². The van der Waals surface area contributed by atoms with Gasteiger partial charge in [-0.25, -0.2) is 8.42 Å². The van der Waals surface area contributed by atoms with E-state index in [9.17, 15) is 8.42 Å². The Morgan fingerprint density at radius 2 is 1.86 bits per heavy atom. The summed E-state index contributed by atoms with van der Waals surface area (Å²) in [7, 11) is -3.44. The minimum absolute atomic E-state index is 0. The van der Waals surface area contributed by atoms with Gasteiger partial charge in [0.1, 0.15) is 0 Å². The van der Waals surface area contributed by atoms with Crippen LogP contribution in [0.4, 0.5) is 0 Å². The molecule has 1 fully saturated rings. The van der Waals surface area contributed by atoms with Gasteiger partial charge in [0.15, 0.2) is 0 Å². The van der Waals surface area contributed by atoms with Crippen LogP contribution in [0.5, 0.6) is 0 Å². The van der Waals surface area contributed by atoms with Crippen molar-refractivity contribution in [1.82, 2.24) is 4.31 Å². The van der Waals surface area contributed by atoms with Gasteiger partial charge in [-0.1, -0.05) is 32.9 Å². The van der Waals surface area contributed by atoms with Crippen LogP contribution in [0.15, 0.2) is 29.2 Å². The van der Waals surface area contributed by atoms with Gasteiger partial charge in [-0.2, -0.15) is 4.31 Å². The molecule has 1 saturated heterocycles. The second-order valence-electron chi connectivity index (χ2n) is 6.36. The van der Waals surface area contributed by atoms with E-state index in [0.29, 0.717) is 29.8 Å². The summed E-state index contributed by atoms with van der Waals surface area (Å²) in [4.78, 5) is 0.375. The fourth-order valence-electron chi connectivity index (χ4n) is 2.92. The number of hydrogen-bond donors (Lipinski definition) is 1. The molecule has 0 aromatic heterocycles. The first-order valence-electron chi connectivity index (χ1n) is 7.68. The van der Waals surface area contributed by atoms with Crippen LogP contribution in [-0.4, -0.2) is 31.9 Å². The van der Waals surface area contributed by atoms with Gasteiger partial charge in [-0.15, -0.1) is 12.4 Å². The molecule has 1 aromatic carbocycles. The van der Waals surface area contributed by atoms with Crippen molar-refractivity contribution >= 4 is 22.4 Å². The number of piperidine rings is 1. The summed E-state index contributed by atoms with van der Waals surface area (Å²) >= 11 is 0. The lowest BCUT2D eigenvalue weighted by Crippen LogP contribution is -2.49. The zero-order chi connectivity index (χ0) is 15.6. The Morgan fingerprint density at radius 1 is 1.27 bits per heavy atom. The molecule has 0 aliphatic carbocycles. The van der Waals surface area contributed by atoms with E-state index in [2.05, 4.69) is 20.8 Å². The van der Waals surface area contributed by atoms with Crippen molar-refractivity contribution in [3.8, 4) is 0 Å². The molecule has 2 rings (SSSR count). The molecule has 22 heavy (non-hydrogen) atoms. The predicted molar refractivity (Wildman–Crippen MR) is 92.9 cm³/mol. The lowest BCUT2D eigenvalue weighted by atomic mass is 9.94. The second-order valence-corrected chi connectivity index (χ2v) is 8.25. The molecule has 6 heteroatoms. The quantitative estimate of drug-likeness (QED) is 0.911. The molecule has 0 amide bonds. The lowest BCUT2D eigenvalue weighted by Gasteiger charge is -2.36. The van der Waals surface area contributed by atoms with Crippen LogP contribution in [-0.2, 0) is 10.0 Å². The van der Waals surface area contributed by atoms with E-state index in [0.717, 1.165) is 18.4 Å². The van der Waals surface area contributed by atoms with Gasteiger partial charge < -0.3 is 5.73 Å². The van der Waals surface area contributed by atoms with E-state index in [1.165, 1.54) is 0 Å². The van der Waals surface area contributed by atoms with Crippen molar-refractivity contribution in [2.24, 2.45) is 11.7 Å². The minimum atomic E-state index is -3.44. The number of nitrogens with zero attached hydrogens (tertiary/aromatic N) is 1. The van der Waals surface area contributed by atoms with Crippen LogP contribution < -0.4 is 5.73 Å². The zero-order valence-electron chi connectivity index (χ0n) is 13.5. The Labute approximate surface area is 140 Å². The Morgan fingerprint density at radius 3 is 2.36 bits per heavy atom. The molecule has 2 N–H and O–H groups in total. The van der Waals surface area contributed by atoms with Gasteiger partial charge in [0.25, 0.3) is 0 Å². The van der Waals surface area contributed by atoms with Crippen LogP contribution in [0.25, 0.3) is 0 Å². The molecule has 1 aliphatic rings. The van der Waals surface area contributed by atoms with Gasteiger partial charge >= 0.3 is 0 Å². The highest BCUT2D eigenvalue weighted by molar-refractivity contribution is 7.89. The van der Waals surface area contributed by atoms with E-state index >= 15 is 0 Å². The van der Waals surface area contributed by atoms with Crippen LogP contribution in [0, 0.1) is 5.92 Å². The number of hydrogen-bond acceptors (Lipinski definition) is 3. The summed E-state index contributed by atoms with van der Waals surface area (Å²) in [6, 6.07) is 7.17.